The van der Waals surface area contributed by atoms with Crippen molar-refractivity contribution in [1.82, 2.24) is 5.32 Å². The summed E-state index contributed by atoms with van der Waals surface area (Å²) in [5, 5.41) is 2.63. The molecule has 0 aromatic carbocycles. The van der Waals surface area contributed by atoms with Crippen LogP contribution in [0.1, 0.15) is 27.2 Å². The number of Topliss-reactive ketones (excluding diaryl/α,β-unsaturated/α-hetero) is 1. The van der Waals surface area contributed by atoms with Crippen LogP contribution in [0.5, 0.6) is 0 Å². The number of carbonyl (C=O) groups excluding carboxylic acids is 1. The van der Waals surface area contributed by atoms with Gasteiger partial charge in [0.05, 0.1) is 0 Å². The molecule has 0 saturated carbocycles. The summed E-state index contributed by atoms with van der Waals surface area (Å²) < 4.78 is 38.8. The SMILES string of the molecule is CC(C)(C)C(=O)C1(C(F)(F)F)CCNC1. The van der Waals surface area contributed by atoms with Gasteiger partial charge in [-0.2, -0.15) is 13.2 Å². The molecule has 5 heteroatoms. The third-order valence-electron chi connectivity index (χ3n) is 2.81. The van der Waals surface area contributed by atoms with Crippen molar-refractivity contribution in [2.45, 2.75) is 33.4 Å². The van der Waals surface area contributed by atoms with Crippen LogP contribution in [-0.2, 0) is 4.79 Å². The van der Waals surface area contributed by atoms with Crippen molar-refractivity contribution in [3.63, 3.8) is 0 Å². The van der Waals surface area contributed by atoms with E-state index in [1.165, 1.54) is 20.8 Å². The van der Waals surface area contributed by atoms with Gasteiger partial charge < -0.3 is 5.32 Å². The van der Waals surface area contributed by atoms with Gasteiger partial charge in [-0.1, -0.05) is 20.8 Å². The number of ketones is 1. The first kappa shape index (κ1) is 12.5. The molecule has 1 fully saturated rings. The van der Waals surface area contributed by atoms with E-state index in [-0.39, 0.29) is 19.5 Å². The van der Waals surface area contributed by atoms with Gasteiger partial charge in [-0.3, -0.25) is 4.79 Å². The van der Waals surface area contributed by atoms with Crippen LogP contribution in [0.3, 0.4) is 0 Å². The largest absolute Gasteiger partial charge is 0.402 e. The van der Waals surface area contributed by atoms with Gasteiger partial charge in [0, 0.05) is 12.0 Å². The van der Waals surface area contributed by atoms with E-state index in [9.17, 15) is 18.0 Å². The first-order valence-corrected chi connectivity index (χ1v) is 4.94. The van der Waals surface area contributed by atoms with Gasteiger partial charge in [-0.25, -0.2) is 0 Å². The Morgan fingerprint density at radius 3 is 2.07 bits per heavy atom. The Morgan fingerprint density at radius 1 is 1.27 bits per heavy atom. The molecular formula is C10H16F3NO. The number of alkyl halides is 3. The van der Waals surface area contributed by atoms with Gasteiger partial charge in [0.15, 0.2) is 5.78 Å². The summed E-state index contributed by atoms with van der Waals surface area (Å²) in [5.41, 5.74) is -3.13. The van der Waals surface area contributed by atoms with Gasteiger partial charge in [0.1, 0.15) is 5.41 Å². The standard InChI is InChI=1S/C10H16F3NO/c1-8(2,3)7(15)9(10(11,12)13)4-5-14-6-9/h14H,4-6H2,1-3H3. The van der Waals surface area contributed by atoms with Crippen LogP contribution in [0.25, 0.3) is 0 Å². The number of hydrogen-bond acceptors (Lipinski definition) is 2. The molecule has 15 heavy (non-hydrogen) atoms. The molecule has 0 aliphatic carbocycles. The number of hydrogen-bond donors (Lipinski definition) is 1. The van der Waals surface area contributed by atoms with Gasteiger partial charge >= 0.3 is 6.18 Å². The predicted molar refractivity (Wildman–Crippen MR) is 50.4 cm³/mol. The maximum Gasteiger partial charge on any atom is 0.402 e. The molecular weight excluding hydrogens is 207 g/mol. The lowest BCUT2D eigenvalue weighted by molar-refractivity contribution is -0.218. The molecule has 88 valence electrons. The van der Waals surface area contributed by atoms with E-state index in [4.69, 9.17) is 0 Å². The average molecular weight is 223 g/mol. The van der Waals surface area contributed by atoms with Gasteiger partial charge in [-0.15, -0.1) is 0 Å². The van der Waals surface area contributed by atoms with E-state index in [0.29, 0.717) is 0 Å². The second-order valence-corrected chi connectivity index (χ2v) is 5.09. The lowest BCUT2D eigenvalue weighted by atomic mass is 9.71. The summed E-state index contributed by atoms with van der Waals surface area (Å²) in [6.45, 7) is 4.55. The maximum atomic E-state index is 12.9. The van der Waals surface area contributed by atoms with Crippen molar-refractivity contribution in [3.8, 4) is 0 Å². The number of carbonyl (C=O) groups is 1. The van der Waals surface area contributed by atoms with E-state index >= 15 is 0 Å². The molecule has 1 N–H and O–H groups in total. The maximum absolute atomic E-state index is 12.9. The molecule has 0 aromatic rings. The topological polar surface area (TPSA) is 29.1 Å². The Kier molecular flexibility index (Phi) is 2.89. The van der Waals surface area contributed by atoms with Crippen molar-refractivity contribution in [2.75, 3.05) is 13.1 Å². The second-order valence-electron chi connectivity index (χ2n) is 5.09. The molecule has 1 rings (SSSR count). The van der Waals surface area contributed by atoms with E-state index in [1.807, 2.05) is 0 Å². The summed E-state index contributed by atoms with van der Waals surface area (Å²) in [5.74, 6) is -0.715. The third kappa shape index (κ3) is 2.02. The van der Waals surface area contributed by atoms with Crippen LogP contribution < -0.4 is 5.32 Å². The Morgan fingerprint density at radius 2 is 1.80 bits per heavy atom. The van der Waals surface area contributed by atoms with Crippen molar-refractivity contribution < 1.29 is 18.0 Å². The van der Waals surface area contributed by atoms with Gasteiger partial charge in [0.2, 0.25) is 0 Å². The zero-order chi connectivity index (χ0) is 11.9. The van der Waals surface area contributed by atoms with Crippen LogP contribution >= 0.6 is 0 Å². The van der Waals surface area contributed by atoms with E-state index < -0.39 is 22.8 Å². The van der Waals surface area contributed by atoms with Crippen molar-refractivity contribution in [2.24, 2.45) is 10.8 Å². The molecule has 1 unspecified atom stereocenters. The molecule has 2 nitrogen and oxygen atoms in total. The Bertz CT molecular complexity index is 259. The molecule has 1 atom stereocenters. The van der Waals surface area contributed by atoms with Gasteiger partial charge in [-0.05, 0) is 13.0 Å². The molecule has 1 saturated heterocycles. The molecule has 0 spiro atoms. The zero-order valence-corrected chi connectivity index (χ0v) is 9.16. The molecule has 1 heterocycles. The second kappa shape index (κ2) is 3.47. The molecule has 1 aliphatic heterocycles. The average Bonchev–Trinajstić information content (AvgIpc) is 2.48. The first-order chi connectivity index (χ1) is 6.61. The highest BCUT2D eigenvalue weighted by molar-refractivity contribution is 5.90. The molecule has 0 amide bonds. The van der Waals surface area contributed by atoms with Crippen LogP contribution in [0, 0.1) is 10.8 Å². The monoisotopic (exact) mass is 223 g/mol. The Hall–Kier alpha value is -0.580. The number of nitrogens with one attached hydrogen (secondary N) is 1. The Balaban J connectivity index is 3.09. The van der Waals surface area contributed by atoms with Crippen LogP contribution in [0.2, 0.25) is 0 Å². The predicted octanol–water partition coefficient (Wildman–Crippen LogP) is 2.14. The quantitative estimate of drug-likeness (QED) is 0.738. The molecule has 0 aromatic heterocycles. The molecule has 0 radical (unpaired) electrons. The van der Waals surface area contributed by atoms with Gasteiger partial charge in [0.25, 0.3) is 0 Å². The van der Waals surface area contributed by atoms with Crippen LogP contribution in [0.4, 0.5) is 13.2 Å². The fourth-order valence-corrected chi connectivity index (χ4v) is 1.97. The number of halogens is 3. The zero-order valence-electron chi connectivity index (χ0n) is 9.16. The first-order valence-electron chi connectivity index (χ1n) is 4.94. The van der Waals surface area contributed by atoms with E-state index in [1.54, 1.807) is 0 Å². The minimum atomic E-state index is -4.46. The minimum Gasteiger partial charge on any atom is -0.315 e. The molecule has 0 bridgehead atoms. The minimum absolute atomic E-state index is 0.146. The lowest BCUT2D eigenvalue weighted by Crippen LogP contribution is -2.51. The van der Waals surface area contributed by atoms with Crippen LogP contribution in [-0.4, -0.2) is 25.0 Å². The van der Waals surface area contributed by atoms with E-state index in [0.717, 1.165) is 0 Å². The molecule has 1 aliphatic rings. The van der Waals surface area contributed by atoms with Crippen molar-refractivity contribution in [3.05, 3.63) is 0 Å². The highest BCUT2D eigenvalue weighted by atomic mass is 19.4. The number of rotatable bonds is 1. The highest BCUT2D eigenvalue weighted by Gasteiger charge is 2.62. The summed E-state index contributed by atoms with van der Waals surface area (Å²) in [7, 11) is 0. The fraction of sp³-hybridized carbons (Fsp3) is 0.900. The lowest BCUT2D eigenvalue weighted by Gasteiger charge is -2.34. The van der Waals surface area contributed by atoms with E-state index in [2.05, 4.69) is 5.32 Å². The summed E-state index contributed by atoms with van der Waals surface area (Å²) in [6, 6.07) is 0. The van der Waals surface area contributed by atoms with Crippen LogP contribution in [0.15, 0.2) is 0 Å². The fourth-order valence-electron chi connectivity index (χ4n) is 1.97. The Labute approximate surface area is 87.2 Å². The highest BCUT2D eigenvalue weighted by Crippen LogP contribution is 2.47. The normalized spacial score (nSPS) is 28.1. The van der Waals surface area contributed by atoms with Crippen molar-refractivity contribution >= 4 is 5.78 Å². The summed E-state index contributed by atoms with van der Waals surface area (Å²) >= 11 is 0. The smallest absolute Gasteiger partial charge is 0.315 e. The summed E-state index contributed by atoms with van der Waals surface area (Å²) in [4.78, 5) is 11.9. The van der Waals surface area contributed by atoms with Crippen molar-refractivity contribution in [1.29, 1.82) is 0 Å². The third-order valence-corrected chi connectivity index (χ3v) is 2.81. The summed E-state index contributed by atoms with van der Waals surface area (Å²) in [6.07, 6.45) is -4.60.